The van der Waals surface area contributed by atoms with Crippen LogP contribution in [0.5, 0.6) is 0 Å². The topological polar surface area (TPSA) is 94.3 Å². The lowest BCUT2D eigenvalue weighted by Gasteiger charge is -2.00. The van der Waals surface area contributed by atoms with Crippen LogP contribution in [0.3, 0.4) is 0 Å². The van der Waals surface area contributed by atoms with Crippen molar-refractivity contribution in [1.82, 2.24) is 20.0 Å². The zero-order valence-corrected chi connectivity index (χ0v) is 14.3. The molecular formula is C16H16N6O2S. The van der Waals surface area contributed by atoms with E-state index in [0.29, 0.717) is 17.4 Å². The van der Waals surface area contributed by atoms with E-state index in [1.807, 2.05) is 29.6 Å². The average molecular weight is 356 g/mol. The van der Waals surface area contributed by atoms with Crippen molar-refractivity contribution in [2.75, 3.05) is 12.0 Å². The molecule has 0 unspecified atom stereocenters. The maximum Gasteiger partial charge on any atom is 0.311 e. The van der Waals surface area contributed by atoms with Crippen molar-refractivity contribution in [1.29, 1.82) is 0 Å². The van der Waals surface area contributed by atoms with Crippen LogP contribution >= 0.6 is 11.3 Å². The van der Waals surface area contributed by atoms with Gasteiger partial charge in [-0.2, -0.15) is 5.10 Å². The Labute approximate surface area is 148 Å². The largest absolute Gasteiger partial charge is 0.466 e. The third-order valence-corrected chi connectivity index (χ3v) is 3.93. The standard InChI is InChI=1S/C16H16N6O2S/c1-2-24-15(23)9-13-11-25-16(19-13)20-18-10-12-3-5-14(6-4-12)22-8-7-17-21-22/h3-8,10-11H,2,9H2,1H3,(H,19,20). The second-order valence-corrected chi connectivity index (χ2v) is 5.79. The Kier molecular flexibility index (Phi) is 5.47. The average Bonchev–Trinajstić information content (AvgIpc) is 3.28. The summed E-state index contributed by atoms with van der Waals surface area (Å²) in [5, 5.41) is 14.3. The molecule has 0 saturated heterocycles. The molecule has 1 N–H and O–H groups in total. The summed E-state index contributed by atoms with van der Waals surface area (Å²) in [4.78, 5) is 15.7. The lowest BCUT2D eigenvalue weighted by molar-refractivity contribution is -0.142. The first-order valence-corrected chi connectivity index (χ1v) is 8.48. The Morgan fingerprint density at radius 3 is 2.96 bits per heavy atom. The van der Waals surface area contributed by atoms with E-state index in [1.54, 1.807) is 30.2 Å². The molecule has 0 atom stereocenters. The molecule has 0 aliphatic rings. The first-order chi connectivity index (χ1) is 12.2. The molecule has 0 aliphatic heterocycles. The van der Waals surface area contributed by atoms with Crippen molar-refractivity contribution < 1.29 is 9.53 Å². The summed E-state index contributed by atoms with van der Waals surface area (Å²) in [6, 6.07) is 7.71. The molecule has 0 saturated carbocycles. The molecule has 25 heavy (non-hydrogen) atoms. The van der Waals surface area contributed by atoms with E-state index in [-0.39, 0.29) is 12.4 Å². The second kappa shape index (κ2) is 8.15. The molecule has 128 valence electrons. The summed E-state index contributed by atoms with van der Waals surface area (Å²) in [6.45, 7) is 2.15. The van der Waals surface area contributed by atoms with Crippen molar-refractivity contribution in [3.63, 3.8) is 0 Å². The van der Waals surface area contributed by atoms with Crippen LogP contribution in [0.15, 0.2) is 47.1 Å². The molecule has 3 aromatic rings. The molecule has 2 aromatic heterocycles. The second-order valence-electron chi connectivity index (χ2n) is 4.93. The number of nitrogens with zero attached hydrogens (tertiary/aromatic N) is 5. The summed E-state index contributed by atoms with van der Waals surface area (Å²) in [5.41, 5.74) is 5.38. The molecule has 3 rings (SSSR count). The third-order valence-electron chi connectivity index (χ3n) is 3.14. The van der Waals surface area contributed by atoms with Crippen LogP contribution in [0.25, 0.3) is 5.69 Å². The van der Waals surface area contributed by atoms with Gasteiger partial charge in [-0.3, -0.25) is 10.2 Å². The first kappa shape index (κ1) is 16.8. The number of rotatable bonds is 7. The maximum atomic E-state index is 11.4. The van der Waals surface area contributed by atoms with Crippen LogP contribution in [-0.2, 0) is 16.0 Å². The number of ether oxygens (including phenoxy) is 1. The van der Waals surface area contributed by atoms with Gasteiger partial charge in [0.1, 0.15) is 0 Å². The SMILES string of the molecule is CCOC(=O)Cc1csc(NN=Cc2ccc(-n3ccnn3)cc2)n1. The molecule has 0 spiro atoms. The molecule has 9 heteroatoms. The van der Waals surface area contributed by atoms with E-state index in [2.05, 4.69) is 25.8 Å². The summed E-state index contributed by atoms with van der Waals surface area (Å²) < 4.78 is 6.58. The van der Waals surface area contributed by atoms with E-state index < -0.39 is 0 Å². The first-order valence-electron chi connectivity index (χ1n) is 7.60. The van der Waals surface area contributed by atoms with Crippen LogP contribution in [0, 0.1) is 0 Å². The van der Waals surface area contributed by atoms with Crippen molar-refractivity contribution >= 4 is 28.7 Å². The van der Waals surface area contributed by atoms with Crippen LogP contribution in [0.2, 0.25) is 0 Å². The fraction of sp³-hybridized carbons (Fsp3) is 0.188. The van der Waals surface area contributed by atoms with Crippen molar-refractivity contribution in [2.45, 2.75) is 13.3 Å². The number of hydrazone groups is 1. The zero-order valence-electron chi connectivity index (χ0n) is 13.5. The van der Waals surface area contributed by atoms with Crippen molar-refractivity contribution in [3.05, 3.63) is 53.3 Å². The fourth-order valence-electron chi connectivity index (χ4n) is 2.02. The normalized spacial score (nSPS) is 10.9. The van der Waals surface area contributed by atoms with Gasteiger partial charge in [0.05, 0.1) is 43.0 Å². The number of esters is 1. The number of hydrogen-bond acceptors (Lipinski definition) is 8. The number of carbonyl (C=O) groups is 1. The van der Waals surface area contributed by atoms with Gasteiger partial charge in [-0.25, -0.2) is 9.67 Å². The number of anilines is 1. The molecule has 1 aromatic carbocycles. The van der Waals surface area contributed by atoms with E-state index in [1.165, 1.54) is 11.3 Å². The van der Waals surface area contributed by atoms with E-state index >= 15 is 0 Å². The van der Waals surface area contributed by atoms with Gasteiger partial charge in [0, 0.05) is 5.38 Å². The summed E-state index contributed by atoms with van der Waals surface area (Å²) in [6.07, 6.45) is 5.27. The van der Waals surface area contributed by atoms with Gasteiger partial charge < -0.3 is 4.74 Å². The van der Waals surface area contributed by atoms with E-state index in [4.69, 9.17) is 4.74 Å². The number of carbonyl (C=O) groups excluding carboxylic acids is 1. The quantitative estimate of drug-likeness (QED) is 0.396. The van der Waals surface area contributed by atoms with Gasteiger partial charge >= 0.3 is 5.97 Å². The highest BCUT2D eigenvalue weighted by molar-refractivity contribution is 7.13. The van der Waals surface area contributed by atoms with Crippen LogP contribution < -0.4 is 5.43 Å². The highest BCUT2D eigenvalue weighted by atomic mass is 32.1. The Balaban J connectivity index is 1.54. The third kappa shape index (κ3) is 4.70. The van der Waals surface area contributed by atoms with Gasteiger partial charge in [0.2, 0.25) is 5.13 Å². The van der Waals surface area contributed by atoms with Crippen LogP contribution in [0.1, 0.15) is 18.2 Å². The minimum Gasteiger partial charge on any atom is -0.466 e. The summed E-state index contributed by atoms with van der Waals surface area (Å²) in [5.74, 6) is -0.282. The predicted molar refractivity (Wildman–Crippen MR) is 95.0 cm³/mol. The van der Waals surface area contributed by atoms with Crippen LogP contribution in [-0.4, -0.2) is 38.8 Å². The lowest BCUT2D eigenvalue weighted by atomic mass is 10.2. The molecule has 0 fully saturated rings. The van der Waals surface area contributed by atoms with Crippen molar-refractivity contribution in [2.24, 2.45) is 5.10 Å². The molecule has 8 nitrogen and oxygen atoms in total. The zero-order chi connectivity index (χ0) is 17.5. The van der Waals surface area contributed by atoms with Gasteiger partial charge in [-0.1, -0.05) is 17.3 Å². The number of benzene rings is 1. The molecular weight excluding hydrogens is 340 g/mol. The molecule has 0 amide bonds. The molecule has 0 aliphatic carbocycles. The van der Waals surface area contributed by atoms with Crippen molar-refractivity contribution in [3.8, 4) is 5.69 Å². The summed E-state index contributed by atoms with van der Waals surface area (Å²) >= 11 is 1.38. The fourth-order valence-corrected chi connectivity index (χ4v) is 2.68. The minimum absolute atomic E-state index is 0.166. The lowest BCUT2D eigenvalue weighted by Crippen LogP contribution is -2.07. The predicted octanol–water partition coefficient (Wildman–Crippen LogP) is 2.28. The van der Waals surface area contributed by atoms with Crippen LogP contribution in [0.4, 0.5) is 5.13 Å². The molecule has 0 bridgehead atoms. The summed E-state index contributed by atoms with van der Waals surface area (Å²) in [7, 11) is 0. The van der Waals surface area contributed by atoms with Gasteiger partial charge in [-0.05, 0) is 24.6 Å². The Hall–Kier alpha value is -3.07. The smallest absolute Gasteiger partial charge is 0.311 e. The Morgan fingerprint density at radius 2 is 2.24 bits per heavy atom. The number of nitrogens with one attached hydrogen (secondary N) is 1. The minimum atomic E-state index is -0.282. The van der Waals surface area contributed by atoms with Gasteiger partial charge in [0.25, 0.3) is 0 Å². The highest BCUT2D eigenvalue weighted by Crippen LogP contribution is 2.16. The van der Waals surface area contributed by atoms with Gasteiger partial charge in [0.15, 0.2) is 0 Å². The Bertz CT molecular complexity index is 842. The highest BCUT2D eigenvalue weighted by Gasteiger charge is 2.07. The maximum absolute atomic E-state index is 11.4. The number of aromatic nitrogens is 4. The number of hydrogen-bond donors (Lipinski definition) is 1. The molecule has 0 radical (unpaired) electrons. The Morgan fingerprint density at radius 1 is 1.40 bits per heavy atom. The van der Waals surface area contributed by atoms with E-state index in [9.17, 15) is 4.79 Å². The van der Waals surface area contributed by atoms with Gasteiger partial charge in [-0.15, -0.1) is 16.4 Å². The number of thiazole rings is 1. The molecule has 2 heterocycles. The monoisotopic (exact) mass is 356 g/mol. The van der Waals surface area contributed by atoms with E-state index in [0.717, 1.165) is 11.3 Å².